The fraction of sp³-hybridized carbons (Fsp3) is 0. The van der Waals surface area contributed by atoms with Crippen LogP contribution in [0.25, 0.3) is 109 Å². The minimum atomic E-state index is 1.22. The normalized spacial score (nSPS) is 12.0. The highest BCUT2D eigenvalue weighted by molar-refractivity contribution is 6.33. The monoisotopic (exact) mass is 630 g/mol. The summed E-state index contributed by atoms with van der Waals surface area (Å²) >= 11 is 0. The van der Waals surface area contributed by atoms with Crippen LogP contribution in [0.2, 0.25) is 0 Å². The molecule has 0 unspecified atom stereocenters. The van der Waals surface area contributed by atoms with Crippen molar-refractivity contribution in [3.05, 3.63) is 182 Å². The Morgan fingerprint density at radius 1 is 0.200 bits per heavy atom. The summed E-state index contributed by atoms with van der Waals surface area (Å²) in [6.45, 7) is 0. The molecule has 0 aliphatic heterocycles. The van der Waals surface area contributed by atoms with Crippen LogP contribution >= 0.6 is 0 Å². The smallest absolute Gasteiger partial charge is 0.00199 e. The third-order valence-electron chi connectivity index (χ3n) is 10.9. The Balaban J connectivity index is 1.08. The van der Waals surface area contributed by atoms with Crippen LogP contribution in [0.5, 0.6) is 0 Å². The molecule has 0 saturated heterocycles. The van der Waals surface area contributed by atoms with E-state index in [2.05, 4.69) is 182 Å². The zero-order valence-corrected chi connectivity index (χ0v) is 27.3. The van der Waals surface area contributed by atoms with E-state index in [-0.39, 0.29) is 0 Å². The fourth-order valence-electron chi connectivity index (χ4n) is 8.73. The molecule has 230 valence electrons. The highest BCUT2D eigenvalue weighted by Crippen LogP contribution is 2.49. The molecule has 1 aliphatic rings. The highest BCUT2D eigenvalue weighted by Gasteiger charge is 2.22. The molecule has 0 bridgehead atoms. The molecule has 0 aromatic heterocycles. The first-order chi connectivity index (χ1) is 24.8. The van der Waals surface area contributed by atoms with E-state index in [1.54, 1.807) is 0 Å². The Morgan fingerprint density at radius 2 is 0.680 bits per heavy atom. The first-order valence-corrected chi connectivity index (χ1v) is 17.4. The van der Waals surface area contributed by atoms with Crippen LogP contribution in [-0.2, 0) is 0 Å². The molecule has 0 saturated carbocycles. The van der Waals surface area contributed by atoms with E-state index < -0.39 is 0 Å². The molecule has 0 amide bonds. The number of rotatable bonds is 3. The lowest BCUT2D eigenvalue weighted by Crippen LogP contribution is -1.89. The first-order valence-electron chi connectivity index (χ1n) is 17.4. The van der Waals surface area contributed by atoms with Crippen LogP contribution in [0.4, 0.5) is 0 Å². The maximum atomic E-state index is 2.44. The van der Waals surface area contributed by atoms with Crippen LogP contribution in [-0.4, -0.2) is 0 Å². The van der Waals surface area contributed by atoms with Crippen molar-refractivity contribution < 1.29 is 0 Å². The van der Waals surface area contributed by atoms with Gasteiger partial charge in [0.05, 0.1) is 0 Å². The molecule has 10 aromatic rings. The van der Waals surface area contributed by atoms with E-state index >= 15 is 0 Å². The average Bonchev–Trinajstić information content (AvgIpc) is 3.52. The Hall–Kier alpha value is -6.50. The van der Waals surface area contributed by atoms with Gasteiger partial charge in [0.25, 0.3) is 0 Å². The topological polar surface area (TPSA) is 0 Å². The van der Waals surface area contributed by atoms with Crippen molar-refractivity contribution in [2.75, 3.05) is 0 Å². The van der Waals surface area contributed by atoms with Gasteiger partial charge in [-0.2, -0.15) is 0 Å². The average molecular weight is 631 g/mol. The molecule has 0 radical (unpaired) electrons. The number of hydrogen-bond acceptors (Lipinski definition) is 0. The molecule has 0 nitrogen and oxygen atoms in total. The van der Waals surface area contributed by atoms with E-state index in [1.807, 2.05) is 0 Å². The van der Waals surface area contributed by atoms with Gasteiger partial charge in [0, 0.05) is 0 Å². The Morgan fingerprint density at radius 3 is 1.40 bits per heavy atom. The second-order valence-electron chi connectivity index (χ2n) is 13.6. The molecule has 0 fully saturated rings. The lowest BCUT2D eigenvalue weighted by molar-refractivity contribution is 1.59. The molecule has 10 aromatic carbocycles. The van der Waals surface area contributed by atoms with Gasteiger partial charge in [-0.05, 0) is 140 Å². The van der Waals surface area contributed by atoms with Crippen molar-refractivity contribution in [1.29, 1.82) is 0 Å². The quantitative estimate of drug-likeness (QED) is 0.170. The van der Waals surface area contributed by atoms with Crippen molar-refractivity contribution in [3.63, 3.8) is 0 Å². The van der Waals surface area contributed by atoms with Crippen LogP contribution in [0.1, 0.15) is 0 Å². The molecule has 0 atom stereocenters. The number of fused-ring (bicyclic) bond motifs is 11. The van der Waals surface area contributed by atoms with Crippen LogP contribution in [0.15, 0.2) is 182 Å². The van der Waals surface area contributed by atoms with E-state index in [0.717, 1.165) is 0 Å². The summed E-state index contributed by atoms with van der Waals surface area (Å²) in [6.07, 6.45) is 0. The summed E-state index contributed by atoms with van der Waals surface area (Å²) in [4.78, 5) is 0. The second-order valence-corrected chi connectivity index (χ2v) is 13.6. The van der Waals surface area contributed by atoms with E-state index in [9.17, 15) is 0 Å². The molecule has 1 aliphatic carbocycles. The standard InChI is InChI=1S/C50H30/c1-3-20-40-37(17-1)38-18-5-7-23-44(38)50-45-24-8-6-22-42(45)46(30-48(40)50)34-15-10-13-32(27-34)31-12-9-14-33(26-31)36-28-35-16-11-25-43-39-19-2-4-21-41(39)47(29-36)49(35)43/h1-30H. The Kier molecular flexibility index (Phi) is 5.76. The minimum absolute atomic E-state index is 1.22. The molecule has 0 spiro atoms. The predicted octanol–water partition coefficient (Wildman–Crippen LogP) is 14.1. The molecule has 0 heterocycles. The van der Waals surface area contributed by atoms with Crippen LogP contribution in [0.3, 0.4) is 0 Å². The van der Waals surface area contributed by atoms with Crippen molar-refractivity contribution in [2.24, 2.45) is 0 Å². The lowest BCUT2D eigenvalue weighted by atomic mass is 9.87. The molecule has 0 heteroatoms. The molecule has 0 N–H and O–H groups in total. The second kappa shape index (κ2) is 10.5. The fourth-order valence-corrected chi connectivity index (χ4v) is 8.73. The van der Waals surface area contributed by atoms with Gasteiger partial charge >= 0.3 is 0 Å². The van der Waals surface area contributed by atoms with Gasteiger partial charge in [0.1, 0.15) is 0 Å². The van der Waals surface area contributed by atoms with Crippen LogP contribution < -0.4 is 0 Å². The summed E-state index contributed by atoms with van der Waals surface area (Å²) in [6, 6.07) is 67.5. The first kappa shape index (κ1) is 27.5. The van der Waals surface area contributed by atoms with Gasteiger partial charge in [-0.15, -0.1) is 0 Å². The molecular weight excluding hydrogens is 601 g/mol. The van der Waals surface area contributed by atoms with Gasteiger partial charge in [-0.3, -0.25) is 0 Å². The molecule has 50 heavy (non-hydrogen) atoms. The van der Waals surface area contributed by atoms with E-state index in [0.29, 0.717) is 0 Å². The van der Waals surface area contributed by atoms with Gasteiger partial charge in [0.2, 0.25) is 0 Å². The van der Waals surface area contributed by atoms with Crippen molar-refractivity contribution in [3.8, 4) is 55.6 Å². The van der Waals surface area contributed by atoms with Crippen LogP contribution in [0, 0.1) is 0 Å². The van der Waals surface area contributed by atoms with Crippen molar-refractivity contribution >= 4 is 53.9 Å². The van der Waals surface area contributed by atoms with Gasteiger partial charge in [-0.25, -0.2) is 0 Å². The number of hydrogen-bond donors (Lipinski definition) is 0. The summed E-state index contributed by atoms with van der Waals surface area (Å²) in [5.74, 6) is 0. The highest BCUT2D eigenvalue weighted by atomic mass is 14.2. The summed E-state index contributed by atoms with van der Waals surface area (Å²) in [5, 5.41) is 13.1. The van der Waals surface area contributed by atoms with Gasteiger partial charge in [-0.1, -0.05) is 152 Å². The lowest BCUT2D eigenvalue weighted by Gasteiger charge is -2.16. The number of benzene rings is 10. The van der Waals surface area contributed by atoms with Gasteiger partial charge in [0.15, 0.2) is 0 Å². The zero-order chi connectivity index (χ0) is 32.8. The van der Waals surface area contributed by atoms with Gasteiger partial charge < -0.3 is 0 Å². The third-order valence-corrected chi connectivity index (χ3v) is 10.9. The predicted molar refractivity (Wildman–Crippen MR) is 215 cm³/mol. The zero-order valence-electron chi connectivity index (χ0n) is 27.3. The van der Waals surface area contributed by atoms with Crippen molar-refractivity contribution in [1.82, 2.24) is 0 Å². The molecular formula is C50H30. The maximum absolute atomic E-state index is 2.44. The maximum Gasteiger partial charge on any atom is -0.00199 e. The molecule has 11 rings (SSSR count). The largest absolute Gasteiger partial charge is 0.0616 e. The summed E-state index contributed by atoms with van der Waals surface area (Å²) < 4.78 is 0. The van der Waals surface area contributed by atoms with Crippen molar-refractivity contribution in [2.45, 2.75) is 0 Å². The minimum Gasteiger partial charge on any atom is -0.0616 e. The SMILES string of the molecule is c1cc(-c2cccc(-c3cc4c5ccccc5c5ccccc5c4c4ccccc34)c2)cc(-c2cc3c4c(cccc4c2)-c2ccccc2-3)c1. The van der Waals surface area contributed by atoms with E-state index in [1.165, 1.54) is 109 Å². The van der Waals surface area contributed by atoms with E-state index in [4.69, 9.17) is 0 Å². The summed E-state index contributed by atoms with van der Waals surface area (Å²) in [5.41, 5.74) is 12.7. The summed E-state index contributed by atoms with van der Waals surface area (Å²) in [7, 11) is 0. The Labute approximate surface area is 290 Å². The third kappa shape index (κ3) is 3.94. The Bertz CT molecular complexity index is 3030.